The van der Waals surface area contributed by atoms with Crippen LogP contribution in [0.2, 0.25) is 5.15 Å². The van der Waals surface area contributed by atoms with Gasteiger partial charge >= 0.3 is 6.09 Å². The van der Waals surface area contributed by atoms with E-state index in [0.717, 1.165) is 35.1 Å². The lowest BCUT2D eigenvalue weighted by Gasteiger charge is -2.33. The Bertz CT molecular complexity index is 2400. The van der Waals surface area contributed by atoms with E-state index < -0.39 is 123 Å². The van der Waals surface area contributed by atoms with Crippen LogP contribution in [0.25, 0.3) is 11.1 Å². The molecular formula is C50H77ClN12O16. The first kappa shape index (κ1) is 66.9. The molecule has 29 heteroatoms. The average molecular weight is 1140 g/mol. The minimum Gasteiger partial charge on any atom is -0.465 e. The van der Waals surface area contributed by atoms with Crippen LogP contribution in [-0.4, -0.2) is 220 Å². The number of unbranched alkanes of at least 4 members (excludes halogenated alkanes) is 2. The number of hydrogen-bond donors (Lipinski definition) is 19. The van der Waals surface area contributed by atoms with Crippen LogP contribution in [0.15, 0.2) is 53.5 Å². The highest BCUT2D eigenvalue weighted by Gasteiger charge is 2.35. The van der Waals surface area contributed by atoms with E-state index in [2.05, 4.69) is 36.2 Å². The quantitative estimate of drug-likeness (QED) is 0.0154. The molecule has 0 unspecified atom stereocenters. The minimum absolute atomic E-state index is 0.00494. The first-order valence-electron chi connectivity index (χ1n) is 25.5. The van der Waals surface area contributed by atoms with E-state index in [1.54, 1.807) is 0 Å². The molecule has 5 amide bonds. The second-order valence-corrected chi connectivity index (χ2v) is 19.3. The summed E-state index contributed by atoms with van der Waals surface area (Å²) in [6.45, 7) is 0.218. The molecule has 11 atom stereocenters. The number of nitrogen functional groups attached to an aromatic ring is 2. The van der Waals surface area contributed by atoms with Gasteiger partial charge in [-0.05, 0) is 94.0 Å². The van der Waals surface area contributed by atoms with Crippen molar-refractivity contribution in [2.24, 2.45) is 10.7 Å². The van der Waals surface area contributed by atoms with Crippen LogP contribution in [0.1, 0.15) is 74.0 Å². The number of aryl methyl sites for hydroxylation is 2. The number of nitrogens with one attached hydrogen (secondary N) is 5. The molecule has 3 aromatic rings. The third kappa shape index (κ3) is 22.7. The Morgan fingerprint density at radius 2 is 1.13 bits per heavy atom. The van der Waals surface area contributed by atoms with Crippen molar-refractivity contribution < 1.29 is 80.1 Å². The summed E-state index contributed by atoms with van der Waals surface area (Å²) in [7, 11) is 0. The Morgan fingerprint density at radius 1 is 0.633 bits per heavy atom. The molecule has 0 aliphatic carbocycles. The molecule has 0 saturated carbocycles. The summed E-state index contributed by atoms with van der Waals surface area (Å²) in [6.07, 6.45) is -13.0. The third-order valence-corrected chi connectivity index (χ3v) is 12.9. The lowest BCUT2D eigenvalue weighted by molar-refractivity contribution is -0.132. The summed E-state index contributed by atoms with van der Waals surface area (Å²) in [6, 6.07) is 12.4. The smallest absolute Gasteiger partial charge is 0.405 e. The van der Waals surface area contributed by atoms with E-state index in [9.17, 15) is 75.0 Å². The number of rotatable bonds is 34. The third-order valence-electron chi connectivity index (χ3n) is 12.6. The maximum Gasteiger partial charge on any atom is 0.405 e. The SMILES string of the molecule is C[C@H](NC(=O)O)C(=O)N[C@@H](C)C(=O)N[C@@H](CCCCN(C[C@H](O)[C@@H](O)[C@H](O)[C@H](O)CO)C[C@H](O)[C@@H](O)[C@H](O)[C@H](O)CO)C(=O)NCCCc1ccc(-c2ccc(CCCCN=C(N)NC(=O)c3nc(Cl)c(N)nc3N)cc2)cc1. The van der Waals surface area contributed by atoms with Crippen LogP contribution in [0.5, 0.6) is 0 Å². The number of aliphatic hydroxyl groups excluding tert-OH is 10. The molecule has 0 aliphatic rings. The van der Waals surface area contributed by atoms with E-state index in [-0.39, 0.29) is 60.8 Å². The lowest BCUT2D eigenvalue weighted by atomic mass is 9.99. The Balaban J connectivity index is 1.59. The maximum absolute atomic E-state index is 13.7. The fourth-order valence-corrected chi connectivity index (χ4v) is 7.98. The van der Waals surface area contributed by atoms with Crippen LogP contribution in [0.3, 0.4) is 0 Å². The molecule has 0 saturated heterocycles. The highest BCUT2D eigenvalue weighted by Crippen LogP contribution is 2.22. The minimum atomic E-state index is -2.00. The summed E-state index contributed by atoms with van der Waals surface area (Å²) in [5.74, 6) is -3.29. The number of carbonyl (C=O) groups excluding carboxylic acids is 4. The van der Waals surface area contributed by atoms with Gasteiger partial charge in [-0.25, -0.2) is 14.8 Å². The van der Waals surface area contributed by atoms with Gasteiger partial charge in [0, 0.05) is 26.2 Å². The number of aliphatic hydroxyl groups is 10. The van der Waals surface area contributed by atoms with E-state index >= 15 is 0 Å². The zero-order valence-electron chi connectivity index (χ0n) is 43.9. The van der Waals surface area contributed by atoms with Gasteiger partial charge < -0.3 is 94.6 Å². The van der Waals surface area contributed by atoms with Crippen LogP contribution in [-0.2, 0) is 27.2 Å². The van der Waals surface area contributed by atoms with Crippen molar-refractivity contribution in [2.75, 3.05) is 57.4 Å². The molecule has 28 nitrogen and oxygen atoms in total. The van der Waals surface area contributed by atoms with E-state index in [4.69, 9.17) is 33.9 Å². The molecule has 1 heterocycles. The summed E-state index contributed by atoms with van der Waals surface area (Å²) < 4.78 is 0. The van der Waals surface area contributed by atoms with Gasteiger partial charge in [0.15, 0.2) is 28.4 Å². The fraction of sp³-hybridized carbons (Fsp3) is 0.560. The van der Waals surface area contributed by atoms with Crippen molar-refractivity contribution in [3.8, 4) is 11.1 Å². The number of hydrogen-bond acceptors (Lipinski definition) is 21. The maximum atomic E-state index is 13.7. The second kappa shape index (κ2) is 33.9. The molecule has 440 valence electrons. The number of nitrogens with zero attached hydrogens (tertiary/aromatic N) is 4. The predicted molar refractivity (Wildman–Crippen MR) is 289 cm³/mol. The van der Waals surface area contributed by atoms with Crippen LogP contribution in [0.4, 0.5) is 16.4 Å². The molecule has 0 bridgehead atoms. The van der Waals surface area contributed by atoms with Crippen molar-refractivity contribution >= 4 is 58.9 Å². The molecule has 22 N–H and O–H groups in total. The number of benzene rings is 2. The van der Waals surface area contributed by atoms with E-state index in [1.165, 1.54) is 18.7 Å². The monoisotopic (exact) mass is 1140 g/mol. The van der Waals surface area contributed by atoms with Crippen molar-refractivity contribution in [3.05, 3.63) is 70.5 Å². The molecule has 0 spiro atoms. The standard InChI is InChI=1S/C50H77ClN12O16/c1-26(57-45(74)27(2)58-50(78)79)46(75)59-32(10-4-6-21-63(22-33(66)38(70)40(72)35(68)24-64)23-34(67)39(71)41(73)36(69)25-65)47(76)55-20-7-9-29-13-17-31(18-14-29)30-15-11-28(12-16-30)8-3-5-19-56-49(54)62-48(77)37-43(52)61-44(53)42(51)60-37/h11-18,26-27,32-36,38-41,58,64-73H,3-10,19-25H2,1-2H3,(H,55,76)(H,57,74)(H,59,75)(H,78,79)(H4,52,53,61)(H3,54,56,62,77)/t26-,27-,32-,33-,34-,35+,36+,38+,39+,40+,41+/m0/s1. The van der Waals surface area contributed by atoms with Gasteiger partial charge in [0.25, 0.3) is 5.91 Å². The number of amides is 5. The number of halogens is 1. The molecule has 3 rings (SSSR count). The Labute approximate surface area is 461 Å². The lowest BCUT2D eigenvalue weighted by Crippen LogP contribution is -2.55. The predicted octanol–water partition coefficient (Wildman–Crippen LogP) is -3.93. The summed E-state index contributed by atoms with van der Waals surface area (Å²) in [4.78, 5) is 76.1. The number of carbonyl (C=O) groups is 5. The van der Waals surface area contributed by atoms with Crippen LogP contribution >= 0.6 is 11.6 Å². The van der Waals surface area contributed by atoms with Crippen molar-refractivity contribution in [1.82, 2.24) is 41.5 Å². The second-order valence-electron chi connectivity index (χ2n) is 18.9. The molecule has 2 aromatic carbocycles. The highest BCUT2D eigenvalue weighted by atomic mass is 35.5. The van der Waals surface area contributed by atoms with Crippen molar-refractivity contribution in [2.45, 2.75) is 132 Å². The summed E-state index contributed by atoms with van der Waals surface area (Å²) in [5.41, 5.74) is 21.0. The van der Waals surface area contributed by atoms with Crippen molar-refractivity contribution in [3.63, 3.8) is 0 Å². The summed E-state index contributed by atoms with van der Waals surface area (Å²) in [5, 5.41) is 122. The van der Waals surface area contributed by atoms with Gasteiger partial charge in [-0.15, -0.1) is 0 Å². The number of aliphatic imine (C=N–C) groups is 1. The Morgan fingerprint density at radius 3 is 1.65 bits per heavy atom. The molecule has 0 aliphatic heterocycles. The molecule has 1 aromatic heterocycles. The van der Waals surface area contributed by atoms with E-state index in [0.29, 0.717) is 25.8 Å². The van der Waals surface area contributed by atoms with Gasteiger partial charge in [0.2, 0.25) is 17.7 Å². The number of guanidine groups is 1. The van der Waals surface area contributed by atoms with Crippen molar-refractivity contribution in [1.29, 1.82) is 0 Å². The Hall–Kier alpha value is -6.41. The molecule has 79 heavy (non-hydrogen) atoms. The zero-order valence-corrected chi connectivity index (χ0v) is 44.7. The van der Waals surface area contributed by atoms with Gasteiger partial charge in [0.05, 0.1) is 25.4 Å². The number of anilines is 2. The van der Waals surface area contributed by atoms with Gasteiger partial charge in [0.1, 0.15) is 54.7 Å². The topological polar surface area (TPSA) is 487 Å². The fourth-order valence-electron chi connectivity index (χ4n) is 7.85. The normalized spacial score (nSPS) is 16.0. The molecule has 0 fully saturated rings. The number of aromatic nitrogens is 2. The largest absolute Gasteiger partial charge is 0.465 e. The average Bonchev–Trinajstić information content (AvgIpc) is 3.42. The highest BCUT2D eigenvalue weighted by molar-refractivity contribution is 6.31. The summed E-state index contributed by atoms with van der Waals surface area (Å²) >= 11 is 5.84. The van der Waals surface area contributed by atoms with Gasteiger partial charge in [-0.1, -0.05) is 60.1 Å². The molecule has 0 radical (unpaired) electrons. The molecular weight excluding hydrogens is 1060 g/mol. The van der Waals surface area contributed by atoms with E-state index in [1.807, 2.05) is 53.8 Å². The Kier molecular flexibility index (Phi) is 28.7. The van der Waals surface area contributed by atoms with Crippen LogP contribution < -0.4 is 43.8 Å². The van der Waals surface area contributed by atoms with Gasteiger partial charge in [-0.3, -0.25) is 34.4 Å². The first-order chi connectivity index (χ1) is 37.4. The number of carboxylic acid groups (broad SMARTS) is 1. The first-order valence-corrected chi connectivity index (χ1v) is 25.9. The van der Waals surface area contributed by atoms with Gasteiger partial charge in [-0.2, -0.15) is 0 Å². The number of nitrogens with two attached hydrogens (primary N) is 3. The van der Waals surface area contributed by atoms with Crippen LogP contribution in [0, 0.1) is 0 Å². The zero-order chi connectivity index (χ0) is 58.9.